The van der Waals surface area contributed by atoms with E-state index in [1.807, 2.05) is 0 Å². The molecule has 0 radical (unpaired) electrons. The average Bonchev–Trinajstić information content (AvgIpc) is 3.09. The van der Waals surface area contributed by atoms with Gasteiger partial charge in [-0.15, -0.1) is 0 Å². The largest absolute Gasteiger partial charge is 0.345 e. The van der Waals surface area contributed by atoms with Crippen molar-refractivity contribution in [3.8, 4) is 0 Å². The first-order chi connectivity index (χ1) is 22.8. The van der Waals surface area contributed by atoms with Crippen molar-refractivity contribution < 1.29 is 4.58 Å². The summed E-state index contributed by atoms with van der Waals surface area (Å²) in [6, 6.07) is 26.5. The van der Waals surface area contributed by atoms with Crippen LogP contribution in [0.1, 0.15) is 83.8 Å². The molecular weight excluding hydrogens is 592 g/mol. The number of hydrogen-bond donors (Lipinski definition) is 0. The second-order valence-corrected chi connectivity index (χ2v) is 13.4. The molecule has 4 aromatic rings. The SMILES string of the molecule is CCCCN(/C(C)=C/C=C1\CCCC(/C=C/C(C)=[N+](CCCC)c2ccc3ccccc3c2C)=C1Cl)c1ccc2ccccc2c1C. The molecule has 244 valence electrons. The zero-order valence-electron chi connectivity index (χ0n) is 29.4. The highest BCUT2D eigenvalue weighted by atomic mass is 35.5. The zero-order chi connectivity index (χ0) is 33.3. The van der Waals surface area contributed by atoms with Gasteiger partial charge in [-0.1, -0.05) is 105 Å². The molecule has 0 fully saturated rings. The van der Waals surface area contributed by atoms with Crippen molar-refractivity contribution in [3.05, 3.63) is 130 Å². The molecule has 0 amide bonds. The molecule has 0 unspecified atom stereocenters. The Morgan fingerprint density at radius 1 is 0.809 bits per heavy atom. The van der Waals surface area contributed by atoms with Gasteiger partial charge in [0.05, 0.1) is 0 Å². The molecule has 3 heteroatoms. The van der Waals surface area contributed by atoms with Crippen LogP contribution in [0.4, 0.5) is 11.4 Å². The summed E-state index contributed by atoms with van der Waals surface area (Å²) in [6.07, 6.45) is 16.8. The van der Waals surface area contributed by atoms with Gasteiger partial charge in [0.2, 0.25) is 5.69 Å². The minimum absolute atomic E-state index is 0.910. The first kappa shape index (κ1) is 34.5. The fourth-order valence-corrected chi connectivity index (χ4v) is 7.17. The van der Waals surface area contributed by atoms with E-state index in [2.05, 4.69) is 148 Å². The van der Waals surface area contributed by atoms with Gasteiger partial charge in [-0.05, 0) is 103 Å². The van der Waals surface area contributed by atoms with Gasteiger partial charge in [-0.3, -0.25) is 0 Å². The predicted octanol–water partition coefficient (Wildman–Crippen LogP) is 12.9. The first-order valence-corrected chi connectivity index (χ1v) is 18.0. The molecule has 5 rings (SSSR count). The van der Waals surface area contributed by atoms with Gasteiger partial charge >= 0.3 is 0 Å². The van der Waals surface area contributed by atoms with E-state index in [4.69, 9.17) is 11.6 Å². The van der Waals surface area contributed by atoms with Crippen molar-refractivity contribution in [2.45, 2.75) is 86.5 Å². The van der Waals surface area contributed by atoms with Gasteiger partial charge < -0.3 is 4.90 Å². The molecular formula is C44H52ClN2+. The van der Waals surface area contributed by atoms with Crippen molar-refractivity contribution in [2.24, 2.45) is 0 Å². The normalized spacial score (nSPS) is 15.7. The quantitative estimate of drug-likeness (QED) is 0.110. The molecule has 0 aliphatic heterocycles. The topological polar surface area (TPSA) is 6.25 Å². The molecule has 4 aromatic carbocycles. The van der Waals surface area contributed by atoms with Gasteiger partial charge in [0.15, 0.2) is 5.71 Å². The standard InChI is InChI=1S/C44H52ClN2/c1-7-9-30-46(42-28-26-36-16-11-13-20-40(36)34(42)5)32(3)22-24-38-18-15-19-39(44(38)45)25-23-33(4)47(31-10-8-2)43-29-27-37-17-12-14-21-41(37)35(43)6/h11-14,16-17,20-29H,7-10,15,18-19,30-31H2,1-6H3/q+1. The maximum atomic E-state index is 7.15. The highest BCUT2D eigenvalue weighted by Crippen LogP contribution is 2.35. The lowest BCUT2D eigenvalue weighted by molar-refractivity contribution is -0.441. The van der Waals surface area contributed by atoms with E-state index < -0.39 is 0 Å². The highest BCUT2D eigenvalue weighted by Gasteiger charge is 2.19. The monoisotopic (exact) mass is 643 g/mol. The molecule has 0 heterocycles. The Morgan fingerprint density at radius 3 is 2.17 bits per heavy atom. The van der Waals surface area contributed by atoms with E-state index >= 15 is 0 Å². The number of benzene rings is 4. The van der Waals surface area contributed by atoms with Gasteiger partial charge in [0.1, 0.15) is 6.54 Å². The smallest absolute Gasteiger partial charge is 0.208 e. The molecule has 0 atom stereocenters. The van der Waals surface area contributed by atoms with E-state index in [1.165, 1.54) is 66.6 Å². The lowest BCUT2D eigenvalue weighted by Crippen LogP contribution is -2.23. The molecule has 2 nitrogen and oxygen atoms in total. The van der Waals surface area contributed by atoms with Crippen molar-refractivity contribution >= 4 is 50.2 Å². The molecule has 0 bridgehead atoms. The van der Waals surface area contributed by atoms with Gasteiger partial charge in [-0.2, -0.15) is 4.58 Å². The summed E-state index contributed by atoms with van der Waals surface area (Å²) in [5.74, 6) is 0. The molecule has 0 saturated carbocycles. The molecule has 0 spiro atoms. The van der Waals surface area contributed by atoms with E-state index in [-0.39, 0.29) is 0 Å². The van der Waals surface area contributed by atoms with Crippen molar-refractivity contribution in [1.82, 2.24) is 0 Å². The third-order valence-corrected chi connectivity index (χ3v) is 10.2. The van der Waals surface area contributed by atoms with Crippen molar-refractivity contribution in [2.75, 3.05) is 18.0 Å². The third kappa shape index (κ3) is 7.99. The lowest BCUT2D eigenvalue weighted by Gasteiger charge is -2.28. The number of unbranched alkanes of at least 4 members (excludes halogenated alkanes) is 2. The van der Waals surface area contributed by atoms with Gasteiger partial charge in [0, 0.05) is 54.0 Å². The van der Waals surface area contributed by atoms with E-state index in [0.717, 1.165) is 63.1 Å². The second kappa shape index (κ2) is 16.3. The summed E-state index contributed by atoms with van der Waals surface area (Å²) in [5.41, 5.74) is 10.2. The van der Waals surface area contributed by atoms with Crippen LogP contribution >= 0.6 is 11.6 Å². The number of rotatable bonds is 12. The van der Waals surface area contributed by atoms with Crippen LogP contribution in [-0.4, -0.2) is 23.4 Å². The second-order valence-electron chi connectivity index (χ2n) is 13.0. The number of allylic oxidation sites excluding steroid dienone is 8. The van der Waals surface area contributed by atoms with Crippen LogP contribution in [-0.2, 0) is 0 Å². The van der Waals surface area contributed by atoms with Crippen molar-refractivity contribution in [1.29, 1.82) is 0 Å². The van der Waals surface area contributed by atoms with Crippen LogP contribution in [0.3, 0.4) is 0 Å². The number of aryl methyl sites for hydroxylation is 2. The third-order valence-electron chi connectivity index (χ3n) is 9.75. The Bertz CT molecular complexity index is 1880. The molecule has 0 N–H and O–H groups in total. The van der Waals surface area contributed by atoms with Crippen LogP contribution < -0.4 is 4.90 Å². The van der Waals surface area contributed by atoms with Crippen LogP contribution in [0.2, 0.25) is 0 Å². The van der Waals surface area contributed by atoms with Gasteiger partial charge in [0.25, 0.3) is 0 Å². The Morgan fingerprint density at radius 2 is 1.47 bits per heavy atom. The van der Waals surface area contributed by atoms with Crippen molar-refractivity contribution in [3.63, 3.8) is 0 Å². The summed E-state index contributed by atoms with van der Waals surface area (Å²) in [4.78, 5) is 2.49. The Labute approximate surface area is 288 Å². The fraction of sp³-hybridized carbons (Fsp3) is 0.341. The van der Waals surface area contributed by atoms with Crippen LogP contribution in [0.5, 0.6) is 0 Å². The number of fused-ring (bicyclic) bond motifs is 2. The van der Waals surface area contributed by atoms with Crippen LogP contribution in [0.25, 0.3) is 21.5 Å². The zero-order valence-corrected chi connectivity index (χ0v) is 30.1. The van der Waals surface area contributed by atoms with E-state index in [0.29, 0.717) is 0 Å². The fourth-order valence-electron chi connectivity index (χ4n) is 6.85. The number of halogens is 1. The number of hydrogen-bond acceptors (Lipinski definition) is 1. The predicted molar refractivity (Wildman–Crippen MR) is 208 cm³/mol. The summed E-state index contributed by atoms with van der Waals surface area (Å²) >= 11 is 7.15. The molecule has 47 heavy (non-hydrogen) atoms. The van der Waals surface area contributed by atoms with E-state index in [9.17, 15) is 0 Å². The first-order valence-electron chi connectivity index (χ1n) is 17.6. The molecule has 1 aliphatic rings. The Hall–Kier alpha value is -3.88. The summed E-state index contributed by atoms with van der Waals surface area (Å²) in [6.45, 7) is 15.5. The lowest BCUT2D eigenvalue weighted by atomic mass is 9.94. The minimum atomic E-state index is 0.910. The van der Waals surface area contributed by atoms with Crippen LogP contribution in [0, 0.1) is 13.8 Å². The minimum Gasteiger partial charge on any atom is -0.345 e. The summed E-state index contributed by atoms with van der Waals surface area (Å²) in [5, 5.41) is 6.14. The Balaban J connectivity index is 1.45. The maximum absolute atomic E-state index is 7.15. The number of nitrogens with zero attached hydrogens (tertiary/aromatic N) is 2. The summed E-state index contributed by atoms with van der Waals surface area (Å²) < 4.78 is 2.49. The summed E-state index contributed by atoms with van der Waals surface area (Å²) in [7, 11) is 0. The maximum Gasteiger partial charge on any atom is 0.208 e. The number of anilines is 1. The molecule has 0 aromatic heterocycles. The van der Waals surface area contributed by atoms with Crippen LogP contribution in [0.15, 0.2) is 119 Å². The Kier molecular flexibility index (Phi) is 11.9. The highest BCUT2D eigenvalue weighted by molar-refractivity contribution is 6.32. The molecule has 1 aliphatic carbocycles. The van der Waals surface area contributed by atoms with E-state index in [1.54, 1.807) is 0 Å². The average molecular weight is 644 g/mol. The van der Waals surface area contributed by atoms with Gasteiger partial charge in [-0.25, -0.2) is 0 Å². The molecule has 0 saturated heterocycles.